The Morgan fingerprint density at radius 1 is 1.31 bits per heavy atom. The first kappa shape index (κ1) is 21.5. The Morgan fingerprint density at radius 2 is 1.96 bits per heavy atom. The first-order chi connectivity index (χ1) is 12.3. The fourth-order valence-corrected chi connectivity index (χ4v) is 2.26. The lowest BCUT2D eigenvalue weighted by Crippen LogP contribution is -2.46. The number of esters is 1. The minimum Gasteiger partial charge on any atom is -0.454 e. The van der Waals surface area contributed by atoms with E-state index in [9.17, 15) is 14.4 Å². The third kappa shape index (κ3) is 6.37. The van der Waals surface area contributed by atoms with Gasteiger partial charge < -0.3 is 15.0 Å². The zero-order chi connectivity index (χ0) is 19.7. The van der Waals surface area contributed by atoms with E-state index >= 15 is 0 Å². The highest BCUT2D eigenvalue weighted by Gasteiger charge is 2.27. The molecule has 0 aliphatic carbocycles. The zero-order valence-corrected chi connectivity index (χ0v) is 15.7. The number of hydrogen-bond donors (Lipinski definition) is 1. The summed E-state index contributed by atoms with van der Waals surface area (Å²) in [5.41, 5.74) is 0.250. The van der Waals surface area contributed by atoms with Crippen LogP contribution in [0.3, 0.4) is 0 Å². The Kier molecular flexibility index (Phi) is 8.59. The molecular formula is C18H22ClN3O4. The van der Waals surface area contributed by atoms with Crippen LogP contribution in [0.2, 0.25) is 5.02 Å². The van der Waals surface area contributed by atoms with Crippen molar-refractivity contribution in [2.24, 2.45) is 5.92 Å². The maximum absolute atomic E-state index is 12.3. The molecule has 7 nitrogen and oxygen atoms in total. The normalized spacial score (nSPS) is 11.4. The van der Waals surface area contributed by atoms with Crippen molar-refractivity contribution in [1.29, 1.82) is 5.26 Å². The minimum atomic E-state index is -0.920. The van der Waals surface area contributed by atoms with E-state index in [4.69, 9.17) is 21.6 Å². The number of likely N-dealkylation sites (N-methyl/N-ethyl adjacent to an activating group) is 1. The third-order valence-corrected chi connectivity index (χ3v) is 3.98. The molecule has 0 aliphatic heterocycles. The molecule has 26 heavy (non-hydrogen) atoms. The van der Waals surface area contributed by atoms with E-state index in [0.717, 1.165) is 0 Å². The highest BCUT2D eigenvalue weighted by molar-refractivity contribution is 6.33. The third-order valence-electron chi connectivity index (χ3n) is 3.65. The van der Waals surface area contributed by atoms with Crippen LogP contribution in [0, 0.1) is 17.2 Å². The van der Waals surface area contributed by atoms with E-state index < -0.39 is 30.4 Å². The van der Waals surface area contributed by atoms with Gasteiger partial charge in [-0.25, -0.2) is 4.79 Å². The summed E-state index contributed by atoms with van der Waals surface area (Å²) in [5, 5.41) is 11.4. The van der Waals surface area contributed by atoms with E-state index in [1.807, 2.05) is 6.07 Å². The van der Waals surface area contributed by atoms with Crippen molar-refractivity contribution in [1.82, 2.24) is 10.2 Å². The molecule has 1 aromatic rings. The van der Waals surface area contributed by atoms with Crippen LogP contribution >= 0.6 is 11.6 Å². The number of ether oxygens (including phenoxy) is 1. The average molecular weight is 380 g/mol. The van der Waals surface area contributed by atoms with Gasteiger partial charge in [-0.1, -0.05) is 37.6 Å². The van der Waals surface area contributed by atoms with Crippen molar-refractivity contribution in [3.8, 4) is 6.07 Å². The van der Waals surface area contributed by atoms with Gasteiger partial charge in [-0.3, -0.25) is 9.59 Å². The van der Waals surface area contributed by atoms with Crippen molar-refractivity contribution < 1.29 is 19.1 Å². The Hall–Kier alpha value is -2.59. The minimum absolute atomic E-state index is 0.193. The second-order valence-corrected chi connectivity index (χ2v) is 6.41. The summed E-state index contributed by atoms with van der Waals surface area (Å²) in [7, 11) is 1.52. The molecule has 0 aliphatic rings. The van der Waals surface area contributed by atoms with Gasteiger partial charge in [0, 0.05) is 13.6 Å². The van der Waals surface area contributed by atoms with Crippen LogP contribution in [0.15, 0.2) is 24.3 Å². The average Bonchev–Trinajstić information content (AvgIpc) is 2.61. The van der Waals surface area contributed by atoms with E-state index in [0.29, 0.717) is 0 Å². The SMILES string of the molecule is CC(C)[C@H](NC(=O)c1ccccc1Cl)C(=O)OCC(=O)N(C)CCC#N. The van der Waals surface area contributed by atoms with Crippen molar-refractivity contribution in [2.45, 2.75) is 26.3 Å². The highest BCUT2D eigenvalue weighted by Crippen LogP contribution is 2.15. The molecule has 1 N–H and O–H groups in total. The number of nitrogens with zero attached hydrogens (tertiary/aromatic N) is 2. The summed E-state index contributed by atoms with van der Waals surface area (Å²) in [6.45, 7) is 3.30. The topological polar surface area (TPSA) is 99.5 Å². The Morgan fingerprint density at radius 3 is 2.54 bits per heavy atom. The maximum atomic E-state index is 12.3. The molecule has 2 amide bonds. The largest absolute Gasteiger partial charge is 0.454 e. The highest BCUT2D eigenvalue weighted by atomic mass is 35.5. The van der Waals surface area contributed by atoms with Gasteiger partial charge in [0.05, 0.1) is 23.1 Å². The number of halogens is 1. The summed E-state index contributed by atoms with van der Waals surface area (Å²) < 4.78 is 5.03. The summed E-state index contributed by atoms with van der Waals surface area (Å²) in [5.74, 6) is -1.87. The van der Waals surface area contributed by atoms with Crippen LogP contribution in [-0.2, 0) is 14.3 Å². The molecule has 1 rings (SSSR count). The lowest BCUT2D eigenvalue weighted by atomic mass is 10.0. The van der Waals surface area contributed by atoms with E-state index in [2.05, 4.69) is 5.32 Å². The Labute approximate surface area is 157 Å². The molecule has 0 saturated heterocycles. The molecule has 0 fully saturated rings. The number of nitrogens with one attached hydrogen (secondary N) is 1. The molecule has 0 heterocycles. The first-order valence-corrected chi connectivity index (χ1v) is 8.48. The predicted octanol–water partition coefficient (Wildman–Crippen LogP) is 2.01. The molecule has 0 radical (unpaired) electrons. The molecule has 0 bridgehead atoms. The van der Waals surface area contributed by atoms with E-state index in [1.165, 1.54) is 11.9 Å². The Balaban J connectivity index is 2.68. The molecule has 8 heteroatoms. The fourth-order valence-electron chi connectivity index (χ4n) is 2.04. The first-order valence-electron chi connectivity index (χ1n) is 8.10. The second-order valence-electron chi connectivity index (χ2n) is 6.01. The van der Waals surface area contributed by atoms with Crippen molar-refractivity contribution in [3.05, 3.63) is 34.9 Å². The smallest absolute Gasteiger partial charge is 0.329 e. The van der Waals surface area contributed by atoms with E-state index in [1.54, 1.807) is 38.1 Å². The number of benzene rings is 1. The number of hydrogen-bond acceptors (Lipinski definition) is 5. The van der Waals surface area contributed by atoms with Crippen LogP contribution < -0.4 is 5.32 Å². The lowest BCUT2D eigenvalue weighted by molar-refractivity contribution is -0.154. The van der Waals surface area contributed by atoms with Gasteiger partial charge in [0.2, 0.25) is 0 Å². The van der Waals surface area contributed by atoms with Crippen molar-refractivity contribution in [3.63, 3.8) is 0 Å². The van der Waals surface area contributed by atoms with Gasteiger partial charge in [0.1, 0.15) is 6.04 Å². The van der Waals surface area contributed by atoms with E-state index in [-0.39, 0.29) is 29.5 Å². The molecule has 1 atom stereocenters. The molecule has 1 aromatic carbocycles. The van der Waals surface area contributed by atoms with Gasteiger partial charge in [-0.15, -0.1) is 0 Å². The van der Waals surface area contributed by atoms with Crippen LogP contribution in [0.4, 0.5) is 0 Å². The van der Waals surface area contributed by atoms with Crippen LogP contribution in [0.5, 0.6) is 0 Å². The van der Waals surface area contributed by atoms with Gasteiger partial charge in [-0.2, -0.15) is 5.26 Å². The number of rotatable bonds is 8. The molecule has 0 saturated carbocycles. The van der Waals surface area contributed by atoms with Gasteiger partial charge in [0.15, 0.2) is 6.61 Å². The van der Waals surface area contributed by atoms with Gasteiger partial charge in [-0.05, 0) is 18.1 Å². The number of carbonyl (C=O) groups is 3. The summed E-state index contributed by atoms with van der Waals surface area (Å²) in [6, 6.07) is 7.50. The van der Waals surface area contributed by atoms with Crippen LogP contribution in [-0.4, -0.2) is 48.9 Å². The summed E-state index contributed by atoms with van der Waals surface area (Å²) in [6.07, 6.45) is 0.193. The molecule has 0 spiro atoms. The lowest BCUT2D eigenvalue weighted by Gasteiger charge is -2.22. The summed E-state index contributed by atoms with van der Waals surface area (Å²) in [4.78, 5) is 37.8. The molecule has 0 unspecified atom stereocenters. The quantitative estimate of drug-likeness (QED) is 0.696. The summed E-state index contributed by atoms with van der Waals surface area (Å²) >= 11 is 5.99. The number of nitriles is 1. The standard InChI is InChI=1S/C18H22ClN3O4/c1-12(2)16(21-17(24)13-7-4-5-8-14(13)19)18(25)26-11-15(23)22(3)10-6-9-20/h4-5,7-8,12,16H,6,10-11H2,1-3H3,(H,21,24)/t16-/m0/s1. The van der Waals surface area contributed by atoms with Crippen LogP contribution in [0.1, 0.15) is 30.6 Å². The zero-order valence-electron chi connectivity index (χ0n) is 15.0. The predicted molar refractivity (Wildman–Crippen MR) is 96.4 cm³/mol. The maximum Gasteiger partial charge on any atom is 0.329 e. The molecule has 140 valence electrons. The Bertz CT molecular complexity index is 700. The number of carbonyl (C=O) groups excluding carboxylic acids is 3. The molecular weight excluding hydrogens is 358 g/mol. The van der Waals surface area contributed by atoms with Crippen LogP contribution in [0.25, 0.3) is 0 Å². The number of amides is 2. The second kappa shape index (κ2) is 10.4. The van der Waals surface area contributed by atoms with Gasteiger partial charge in [0.25, 0.3) is 11.8 Å². The van der Waals surface area contributed by atoms with Crippen molar-refractivity contribution in [2.75, 3.05) is 20.2 Å². The molecule has 0 aromatic heterocycles. The van der Waals surface area contributed by atoms with Crippen molar-refractivity contribution >= 4 is 29.4 Å². The fraction of sp³-hybridized carbons (Fsp3) is 0.444. The van der Waals surface area contributed by atoms with Gasteiger partial charge >= 0.3 is 5.97 Å². The monoisotopic (exact) mass is 379 g/mol.